The lowest BCUT2D eigenvalue weighted by Gasteiger charge is -2.34. The zero-order valence-corrected chi connectivity index (χ0v) is 11.6. The first-order valence-electron chi connectivity index (χ1n) is 6.25. The van der Waals surface area contributed by atoms with Crippen LogP contribution >= 0.6 is 0 Å². The van der Waals surface area contributed by atoms with Gasteiger partial charge in [0.15, 0.2) is 0 Å². The van der Waals surface area contributed by atoms with Crippen molar-refractivity contribution >= 4 is 12.0 Å². The van der Waals surface area contributed by atoms with Crippen LogP contribution in [0.2, 0.25) is 0 Å². The summed E-state index contributed by atoms with van der Waals surface area (Å²) < 4.78 is 10.3. The molecule has 0 aromatic rings. The summed E-state index contributed by atoms with van der Waals surface area (Å²) in [7, 11) is 4.92. The van der Waals surface area contributed by atoms with Gasteiger partial charge in [0.25, 0.3) is 0 Å². The maximum absolute atomic E-state index is 12.0. The van der Waals surface area contributed by atoms with Gasteiger partial charge in [-0.3, -0.25) is 4.79 Å². The van der Waals surface area contributed by atoms with E-state index in [1.807, 2.05) is 0 Å². The minimum atomic E-state index is -1.08. The molecular weight excluding hydrogens is 252 g/mol. The monoisotopic (exact) mass is 274 g/mol. The number of nitrogens with zero attached hydrogens (tertiary/aromatic N) is 1. The van der Waals surface area contributed by atoms with Gasteiger partial charge in [0.2, 0.25) is 5.91 Å². The van der Waals surface area contributed by atoms with Gasteiger partial charge >= 0.3 is 6.09 Å². The molecule has 110 valence electrons. The second-order valence-corrected chi connectivity index (χ2v) is 4.98. The number of carbonyl (C=O) groups is 2. The summed E-state index contributed by atoms with van der Waals surface area (Å²) in [6, 6.07) is -0.262. The van der Waals surface area contributed by atoms with Crippen LogP contribution in [0.15, 0.2) is 0 Å². The molecule has 1 saturated carbocycles. The van der Waals surface area contributed by atoms with E-state index in [0.717, 1.165) is 0 Å². The molecule has 3 atom stereocenters. The van der Waals surface area contributed by atoms with E-state index >= 15 is 0 Å². The first kappa shape index (κ1) is 15.7. The molecule has 1 fully saturated rings. The Bertz CT molecular complexity index is 321. The number of nitrogens with one attached hydrogen (secondary N) is 1. The van der Waals surface area contributed by atoms with Crippen molar-refractivity contribution in [3.8, 4) is 0 Å². The first-order chi connectivity index (χ1) is 8.93. The Kier molecular flexibility index (Phi) is 6.04. The predicted octanol–water partition coefficient (Wildman–Crippen LogP) is 0.500. The van der Waals surface area contributed by atoms with Crippen molar-refractivity contribution in [3.05, 3.63) is 0 Å². The van der Waals surface area contributed by atoms with E-state index in [0.29, 0.717) is 19.3 Å². The third-order valence-electron chi connectivity index (χ3n) is 3.20. The molecule has 1 aliphatic carbocycles. The number of ether oxygens (including phenoxy) is 2. The average Bonchev–Trinajstić information content (AvgIpc) is 2.34. The largest absolute Gasteiger partial charge is 0.465 e. The molecule has 7 nitrogen and oxygen atoms in total. The highest BCUT2D eigenvalue weighted by Gasteiger charge is 2.34. The highest BCUT2D eigenvalue weighted by molar-refractivity contribution is 5.78. The van der Waals surface area contributed by atoms with Crippen molar-refractivity contribution < 1.29 is 24.2 Å². The van der Waals surface area contributed by atoms with Crippen molar-refractivity contribution in [2.24, 2.45) is 5.92 Å². The number of methoxy groups -OCH3 is 1. The highest BCUT2D eigenvalue weighted by Crippen LogP contribution is 2.28. The summed E-state index contributed by atoms with van der Waals surface area (Å²) in [5, 5.41) is 11.2. The number of amides is 2. The Morgan fingerprint density at radius 2 is 2.00 bits per heavy atom. The van der Waals surface area contributed by atoms with E-state index in [1.165, 1.54) is 12.0 Å². The summed E-state index contributed by atoms with van der Waals surface area (Å²) in [6.07, 6.45) is 0.425. The van der Waals surface area contributed by atoms with Crippen molar-refractivity contribution in [1.82, 2.24) is 10.2 Å². The molecule has 0 aliphatic heterocycles. The van der Waals surface area contributed by atoms with Gasteiger partial charge in [-0.15, -0.1) is 0 Å². The third-order valence-corrected chi connectivity index (χ3v) is 3.20. The number of hydrogen-bond acceptors (Lipinski definition) is 4. The summed E-state index contributed by atoms with van der Waals surface area (Å²) in [5.74, 6) is -0.217. The number of hydrogen-bond donors (Lipinski definition) is 2. The molecule has 2 amide bonds. The van der Waals surface area contributed by atoms with Gasteiger partial charge in [0.05, 0.1) is 6.10 Å². The fourth-order valence-corrected chi connectivity index (χ4v) is 2.43. The van der Waals surface area contributed by atoms with Gasteiger partial charge in [-0.2, -0.15) is 0 Å². The molecule has 0 spiro atoms. The van der Waals surface area contributed by atoms with Gasteiger partial charge in [0, 0.05) is 33.2 Å². The quantitative estimate of drug-likeness (QED) is 0.713. The zero-order valence-electron chi connectivity index (χ0n) is 11.6. The Morgan fingerprint density at radius 1 is 1.32 bits per heavy atom. The van der Waals surface area contributed by atoms with Crippen LogP contribution in [0, 0.1) is 5.92 Å². The zero-order chi connectivity index (χ0) is 14.4. The minimum absolute atomic E-state index is 0.00269. The first-order valence-corrected chi connectivity index (χ1v) is 6.25. The van der Waals surface area contributed by atoms with Gasteiger partial charge in [-0.1, -0.05) is 0 Å². The van der Waals surface area contributed by atoms with Crippen molar-refractivity contribution in [2.75, 3.05) is 28.0 Å². The lowest BCUT2D eigenvalue weighted by Crippen LogP contribution is -2.46. The Hall–Kier alpha value is -1.34. The summed E-state index contributed by atoms with van der Waals surface area (Å²) in [6.45, 7) is 0.146. The highest BCUT2D eigenvalue weighted by atomic mass is 16.7. The average molecular weight is 274 g/mol. The van der Waals surface area contributed by atoms with E-state index in [1.54, 1.807) is 14.1 Å². The number of carboxylic acid groups (broad SMARTS) is 1. The molecular formula is C12H22N2O5. The lowest BCUT2D eigenvalue weighted by atomic mass is 9.83. The number of carbonyl (C=O) groups excluding carboxylic acids is 1. The Labute approximate surface area is 112 Å². The molecule has 0 saturated heterocycles. The van der Waals surface area contributed by atoms with Crippen molar-refractivity contribution in [2.45, 2.75) is 31.4 Å². The smallest absolute Gasteiger partial charge is 0.404 e. The molecule has 0 unspecified atom stereocenters. The van der Waals surface area contributed by atoms with E-state index in [9.17, 15) is 9.59 Å². The van der Waals surface area contributed by atoms with Crippen LogP contribution in [0.3, 0.4) is 0 Å². The Balaban J connectivity index is 2.65. The molecule has 0 aromatic carbocycles. The molecule has 1 aliphatic rings. The van der Waals surface area contributed by atoms with Crippen LogP contribution in [0.5, 0.6) is 0 Å². The molecule has 7 heteroatoms. The second-order valence-electron chi connectivity index (χ2n) is 4.98. The van der Waals surface area contributed by atoms with Crippen LogP contribution < -0.4 is 5.32 Å². The van der Waals surface area contributed by atoms with Gasteiger partial charge < -0.3 is 24.8 Å². The summed E-state index contributed by atoms with van der Waals surface area (Å²) >= 11 is 0. The minimum Gasteiger partial charge on any atom is -0.465 e. The van der Waals surface area contributed by atoms with Gasteiger partial charge in [0.1, 0.15) is 6.79 Å². The van der Waals surface area contributed by atoms with Crippen molar-refractivity contribution in [1.29, 1.82) is 0 Å². The second kappa shape index (κ2) is 7.30. The topological polar surface area (TPSA) is 88.1 Å². The molecule has 0 bridgehead atoms. The van der Waals surface area contributed by atoms with E-state index in [2.05, 4.69) is 5.32 Å². The maximum atomic E-state index is 12.0. The SMILES string of the molecule is COCO[C@H]1C[C@@H](NC(=O)O)C[C@@H](C(=O)N(C)C)C1. The predicted molar refractivity (Wildman–Crippen MR) is 67.7 cm³/mol. The molecule has 0 aromatic heterocycles. The molecule has 2 N–H and O–H groups in total. The molecule has 19 heavy (non-hydrogen) atoms. The summed E-state index contributed by atoms with van der Waals surface area (Å²) in [5.41, 5.74) is 0. The van der Waals surface area contributed by atoms with Crippen LogP contribution in [0.4, 0.5) is 4.79 Å². The Morgan fingerprint density at radius 3 is 2.53 bits per heavy atom. The maximum Gasteiger partial charge on any atom is 0.404 e. The van der Waals surface area contributed by atoms with Gasteiger partial charge in [-0.05, 0) is 19.3 Å². The fraction of sp³-hybridized carbons (Fsp3) is 0.833. The summed E-state index contributed by atoms with van der Waals surface area (Å²) in [4.78, 5) is 24.3. The van der Waals surface area contributed by atoms with E-state index in [4.69, 9.17) is 14.6 Å². The van der Waals surface area contributed by atoms with Crippen LogP contribution in [0.25, 0.3) is 0 Å². The van der Waals surface area contributed by atoms with Crippen LogP contribution in [-0.2, 0) is 14.3 Å². The fourth-order valence-electron chi connectivity index (χ4n) is 2.43. The normalized spacial score (nSPS) is 26.8. The molecule has 0 radical (unpaired) electrons. The lowest BCUT2D eigenvalue weighted by molar-refractivity contribution is -0.139. The van der Waals surface area contributed by atoms with Gasteiger partial charge in [-0.25, -0.2) is 4.79 Å². The standard InChI is InChI=1S/C12H22N2O5/c1-14(2)11(15)8-4-9(13-12(16)17)6-10(5-8)19-7-18-3/h8-10,13H,4-7H2,1-3H3,(H,16,17)/t8-,9+,10-/m1/s1. The third kappa shape index (κ3) is 5.04. The molecule has 0 heterocycles. The van der Waals surface area contributed by atoms with Crippen LogP contribution in [0.1, 0.15) is 19.3 Å². The van der Waals surface area contributed by atoms with E-state index < -0.39 is 6.09 Å². The van der Waals surface area contributed by atoms with Crippen LogP contribution in [-0.4, -0.2) is 62.2 Å². The molecule has 1 rings (SSSR count). The van der Waals surface area contributed by atoms with E-state index in [-0.39, 0.29) is 30.8 Å². The van der Waals surface area contributed by atoms with Crippen molar-refractivity contribution in [3.63, 3.8) is 0 Å². The number of rotatable bonds is 5.